The van der Waals surface area contributed by atoms with Crippen LogP contribution in [0.2, 0.25) is 0 Å². The van der Waals surface area contributed by atoms with E-state index in [0.717, 1.165) is 44.1 Å². The lowest BCUT2D eigenvalue weighted by Crippen LogP contribution is -2.49. The topological polar surface area (TPSA) is 91.3 Å². The van der Waals surface area contributed by atoms with Gasteiger partial charge in [0, 0.05) is 18.3 Å². The number of fused-ring (bicyclic) bond motifs is 3. The number of ether oxygens (including phenoxy) is 3. The van der Waals surface area contributed by atoms with Gasteiger partial charge in [-0.25, -0.2) is 0 Å². The highest BCUT2D eigenvalue weighted by Crippen LogP contribution is 2.55. The van der Waals surface area contributed by atoms with Crippen LogP contribution in [-0.2, 0) is 29.4 Å². The van der Waals surface area contributed by atoms with Gasteiger partial charge in [0.1, 0.15) is 5.60 Å². The van der Waals surface area contributed by atoms with Gasteiger partial charge in [0.2, 0.25) is 0 Å². The number of hydrogen-bond acceptors (Lipinski definition) is 7. The molecule has 1 aliphatic carbocycles. The molecule has 3 aliphatic rings. The second-order valence-electron chi connectivity index (χ2n) is 10.6. The van der Waals surface area contributed by atoms with Gasteiger partial charge in [0.05, 0.1) is 18.8 Å². The van der Waals surface area contributed by atoms with E-state index in [1.54, 1.807) is 46.9 Å². The van der Waals surface area contributed by atoms with Gasteiger partial charge in [0.15, 0.2) is 11.7 Å². The first-order chi connectivity index (χ1) is 16.0. The number of carbonyl (C=O) groups is 3. The van der Waals surface area contributed by atoms with Gasteiger partial charge < -0.3 is 14.2 Å². The molecule has 0 spiro atoms. The van der Waals surface area contributed by atoms with Crippen LogP contribution in [0.15, 0.2) is 29.3 Å². The van der Waals surface area contributed by atoms with Crippen LogP contribution in [0.5, 0.6) is 0 Å². The molecule has 7 heteroatoms. The average Bonchev–Trinajstić information content (AvgIpc) is 2.82. The Bertz CT molecular complexity index is 903. The predicted octanol–water partition coefficient (Wildman–Crippen LogP) is 4.66. The van der Waals surface area contributed by atoms with Gasteiger partial charge in [0.25, 0.3) is 6.47 Å². The molecule has 2 bridgehead atoms. The van der Waals surface area contributed by atoms with E-state index in [2.05, 4.69) is 4.99 Å². The number of hydrogen-bond donors (Lipinski definition) is 0. The van der Waals surface area contributed by atoms with E-state index in [9.17, 15) is 14.4 Å². The molecule has 1 atom stereocenters. The number of benzene rings is 1. The lowest BCUT2D eigenvalue weighted by atomic mass is 9.62. The minimum Gasteiger partial charge on any atom is -0.468 e. The quantitative estimate of drug-likeness (QED) is 0.123. The molecule has 3 fully saturated rings. The van der Waals surface area contributed by atoms with Crippen molar-refractivity contribution in [1.29, 1.82) is 0 Å². The van der Waals surface area contributed by atoms with E-state index in [4.69, 9.17) is 14.2 Å². The number of aliphatic imine (C=N–C) groups is 1. The maximum Gasteiger partial charge on any atom is 0.323 e. The molecule has 2 saturated heterocycles. The van der Waals surface area contributed by atoms with Crippen molar-refractivity contribution in [3.05, 3.63) is 35.4 Å². The van der Waals surface area contributed by atoms with Crippen molar-refractivity contribution < 1.29 is 28.6 Å². The van der Waals surface area contributed by atoms with Crippen molar-refractivity contribution in [2.24, 2.45) is 16.3 Å². The van der Waals surface area contributed by atoms with Gasteiger partial charge in [-0.05, 0) is 77.2 Å². The molecule has 0 aromatic heterocycles. The molecule has 1 aromatic carbocycles. The summed E-state index contributed by atoms with van der Waals surface area (Å²) >= 11 is 0. The summed E-state index contributed by atoms with van der Waals surface area (Å²) < 4.78 is 16.7. The predicted molar refractivity (Wildman–Crippen MR) is 129 cm³/mol. The number of carbonyl (C=O) groups excluding carboxylic acids is 3. The maximum atomic E-state index is 13.3. The van der Waals surface area contributed by atoms with Crippen LogP contribution in [0.3, 0.4) is 0 Å². The molecule has 2 aliphatic heterocycles. The average molecular weight is 472 g/mol. The van der Waals surface area contributed by atoms with Gasteiger partial charge in [-0.15, -0.1) is 0 Å². The van der Waals surface area contributed by atoms with E-state index in [0.29, 0.717) is 31.0 Å². The van der Waals surface area contributed by atoms with Gasteiger partial charge in [-0.3, -0.25) is 19.4 Å². The Morgan fingerprint density at radius 3 is 2.29 bits per heavy atom. The highest BCUT2D eigenvalue weighted by Gasteiger charge is 2.50. The summed E-state index contributed by atoms with van der Waals surface area (Å²) in [4.78, 5) is 40.5. The van der Waals surface area contributed by atoms with Gasteiger partial charge in [-0.2, -0.15) is 0 Å². The Kier molecular flexibility index (Phi) is 7.96. The van der Waals surface area contributed by atoms with Crippen LogP contribution in [-0.4, -0.2) is 49.8 Å². The first-order valence-corrected chi connectivity index (χ1v) is 12.0. The minimum absolute atomic E-state index is 0.168. The summed E-state index contributed by atoms with van der Waals surface area (Å²) in [6.45, 7) is 8.67. The third-order valence-electron chi connectivity index (χ3n) is 7.18. The van der Waals surface area contributed by atoms with Crippen molar-refractivity contribution in [1.82, 2.24) is 0 Å². The summed E-state index contributed by atoms with van der Waals surface area (Å²) in [6, 6.07) is 7.47. The second kappa shape index (κ2) is 10.4. The lowest BCUT2D eigenvalue weighted by molar-refractivity contribution is -0.192. The van der Waals surface area contributed by atoms with Gasteiger partial charge >= 0.3 is 5.97 Å². The van der Waals surface area contributed by atoms with Crippen molar-refractivity contribution >= 4 is 23.9 Å². The Balaban J connectivity index is 1.71. The Morgan fingerprint density at radius 2 is 1.79 bits per heavy atom. The lowest BCUT2D eigenvalue weighted by Gasteiger charge is -2.53. The van der Waals surface area contributed by atoms with E-state index >= 15 is 0 Å². The Labute approximate surface area is 202 Å². The zero-order chi connectivity index (χ0) is 25.0. The third kappa shape index (κ3) is 5.74. The molecular weight excluding hydrogens is 434 g/mol. The van der Waals surface area contributed by atoms with Crippen LogP contribution >= 0.6 is 0 Å². The van der Waals surface area contributed by atoms with E-state index < -0.39 is 17.5 Å². The molecule has 1 saturated carbocycles. The highest BCUT2D eigenvalue weighted by molar-refractivity contribution is 6.23. The van der Waals surface area contributed by atoms with Crippen molar-refractivity contribution in [2.45, 2.75) is 77.4 Å². The van der Waals surface area contributed by atoms with Crippen LogP contribution < -0.4 is 0 Å². The number of nitrogens with zero attached hydrogens (tertiary/aromatic N) is 1. The summed E-state index contributed by atoms with van der Waals surface area (Å²) in [5.41, 5.74) is 1.10. The maximum absolute atomic E-state index is 13.3. The van der Waals surface area contributed by atoms with Crippen molar-refractivity contribution in [3.8, 4) is 0 Å². The number of rotatable bonds is 10. The molecule has 0 radical (unpaired) electrons. The minimum atomic E-state index is -1.06. The molecule has 1 unspecified atom stereocenters. The van der Waals surface area contributed by atoms with Crippen LogP contribution in [0.25, 0.3) is 0 Å². The van der Waals surface area contributed by atoms with Crippen LogP contribution in [0.4, 0.5) is 0 Å². The monoisotopic (exact) mass is 471 g/mol. The highest BCUT2D eigenvalue weighted by atomic mass is 16.6. The normalized spacial score (nSPS) is 25.5. The molecule has 2 heterocycles. The summed E-state index contributed by atoms with van der Waals surface area (Å²) in [6.07, 6.45) is 5.84. The Morgan fingerprint density at radius 1 is 1.15 bits per heavy atom. The van der Waals surface area contributed by atoms with Gasteiger partial charge in [-0.1, -0.05) is 24.3 Å². The molecular formula is C27H37NO6. The first kappa shape index (κ1) is 26.1. The van der Waals surface area contributed by atoms with Crippen molar-refractivity contribution in [2.75, 3.05) is 20.3 Å². The fraction of sp³-hybridized carbons (Fsp3) is 0.630. The smallest absolute Gasteiger partial charge is 0.323 e. The SMILES string of the molecule is CN=C(C)C(C(=O)OC(C)(C)C)C(=O)c1ccc(C23CCC(CCCOC=O)(CC2)CO3)cc1. The molecule has 0 amide bonds. The summed E-state index contributed by atoms with van der Waals surface area (Å²) in [7, 11) is 1.57. The molecule has 0 N–H and O–H groups in total. The molecule has 7 nitrogen and oxygen atoms in total. The summed E-state index contributed by atoms with van der Waals surface area (Å²) in [5, 5.41) is 0. The number of esters is 1. The van der Waals surface area contributed by atoms with E-state index in [1.165, 1.54) is 0 Å². The van der Waals surface area contributed by atoms with Crippen LogP contribution in [0, 0.1) is 11.3 Å². The molecule has 186 valence electrons. The third-order valence-corrected chi connectivity index (χ3v) is 7.18. The molecule has 34 heavy (non-hydrogen) atoms. The second-order valence-corrected chi connectivity index (χ2v) is 10.6. The van der Waals surface area contributed by atoms with E-state index in [-0.39, 0.29) is 16.8 Å². The largest absolute Gasteiger partial charge is 0.468 e. The molecule has 4 rings (SSSR count). The fourth-order valence-corrected chi connectivity index (χ4v) is 5.10. The number of ketones is 1. The van der Waals surface area contributed by atoms with E-state index in [1.807, 2.05) is 12.1 Å². The zero-order valence-corrected chi connectivity index (χ0v) is 21.0. The number of Topliss-reactive ketones (excluding diaryl/α,β-unsaturated/α-hetero) is 1. The molecule has 1 aromatic rings. The van der Waals surface area contributed by atoms with Crippen LogP contribution in [0.1, 0.15) is 82.1 Å². The van der Waals surface area contributed by atoms with Crippen molar-refractivity contribution in [3.63, 3.8) is 0 Å². The standard InChI is InChI=1S/C27H37NO6/c1-19(28-5)22(24(31)34-25(2,3)4)23(30)20-7-9-21(10-8-20)27-14-12-26(13-15-27,17-33-27)11-6-16-32-18-29/h7-10,18,22H,6,11-17H2,1-5H3. The fourth-order valence-electron chi connectivity index (χ4n) is 5.10. The zero-order valence-electron chi connectivity index (χ0n) is 21.0. The first-order valence-electron chi connectivity index (χ1n) is 12.0. The summed E-state index contributed by atoms with van der Waals surface area (Å²) in [5.74, 6) is -1.95. The Hall–Kier alpha value is -2.54.